The quantitative estimate of drug-likeness (QED) is 0.879. The van der Waals surface area contributed by atoms with E-state index in [1.54, 1.807) is 4.57 Å². The molecule has 0 aliphatic carbocycles. The Bertz CT molecular complexity index is 605. The minimum atomic E-state index is -0.969. The van der Waals surface area contributed by atoms with E-state index in [0.717, 1.165) is 17.7 Å². The summed E-state index contributed by atoms with van der Waals surface area (Å²) in [6, 6.07) is 7.56. The molecule has 0 unspecified atom stereocenters. The molecule has 5 nitrogen and oxygen atoms in total. The van der Waals surface area contributed by atoms with Gasteiger partial charge in [0.25, 0.3) is 0 Å². The molecule has 0 radical (unpaired) electrons. The van der Waals surface area contributed by atoms with Crippen molar-refractivity contribution in [1.82, 2.24) is 9.55 Å². The average molecular weight is 274 g/mol. The fourth-order valence-corrected chi connectivity index (χ4v) is 2.04. The van der Waals surface area contributed by atoms with E-state index in [0.29, 0.717) is 19.0 Å². The number of rotatable bonds is 6. The van der Waals surface area contributed by atoms with Gasteiger partial charge in [-0.05, 0) is 25.5 Å². The minimum absolute atomic E-state index is 0.197. The number of ether oxygens (including phenoxy) is 1. The Morgan fingerprint density at radius 1 is 1.40 bits per heavy atom. The van der Waals surface area contributed by atoms with Crippen LogP contribution in [0.15, 0.2) is 30.5 Å². The van der Waals surface area contributed by atoms with Crippen molar-refractivity contribution in [2.24, 2.45) is 0 Å². The summed E-state index contributed by atoms with van der Waals surface area (Å²) >= 11 is 0. The van der Waals surface area contributed by atoms with Gasteiger partial charge >= 0.3 is 5.97 Å². The van der Waals surface area contributed by atoms with Crippen molar-refractivity contribution in [3.05, 3.63) is 36.2 Å². The van der Waals surface area contributed by atoms with E-state index in [4.69, 9.17) is 9.84 Å². The summed E-state index contributed by atoms with van der Waals surface area (Å²) in [7, 11) is 0. The Morgan fingerprint density at radius 2 is 2.20 bits per heavy atom. The van der Waals surface area contributed by atoms with E-state index in [2.05, 4.69) is 4.98 Å². The first kappa shape index (κ1) is 14.1. The second kappa shape index (κ2) is 6.23. The summed E-state index contributed by atoms with van der Waals surface area (Å²) in [6.45, 7) is 5.16. The van der Waals surface area contributed by atoms with Gasteiger partial charge in [0.2, 0.25) is 0 Å². The van der Waals surface area contributed by atoms with Crippen LogP contribution in [0.2, 0.25) is 0 Å². The zero-order valence-electron chi connectivity index (χ0n) is 11.7. The number of carbonyl (C=O) groups is 1. The molecule has 2 aromatic rings. The Hall–Kier alpha value is -2.30. The van der Waals surface area contributed by atoms with Gasteiger partial charge in [0.15, 0.2) is 0 Å². The van der Waals surface area contributed by atoms with Crippen molar-refractivity contribution in [3.8, 4) is 17.1 Å². The van der Waals surface area contributed by atoms with Gasteiger partial charge in [0, 0.05) is 12.1 Å². The van der Waals surface area contributed by atoms with Crippen LogP contribution in [0.25, 0.3) is 11.4 Å². The van der Waals surface area contributed by atoms with E-state index in [-0.39, 0.29) is 5.69 Å². The average Bonchev–Trinajstić information content (AvgIpc) is 2.89. The lowest BCUT2D eigenvalue weighted by molar-refractivity contribution is 0.0685. The largest absolute Gasteiger partial charge is 0.494 e. The van der Waals surface area contributed by atoms with Gasteiger partial charge in [-0.15, -0.1) is 0 Å². The van der Waals surface area contributed by atoms with Crippen LogP contribution in [0.1, 0.15) is 30.8 Å². The van der Waals surface area contributed by atoms with Crippen LogP contribution in [-0.2, 0) is 6.54 Å². The molecule has 1 aromatic carbocycles. The second-order valence-corrected chi connectivity index (χ2v) is 4.39. The van der Waals surface area contributed by atoms with E-state index in [9.17, 15) is 4.79 Å². The fourth-order valence-electron chi connectivity index (χ4n) is 2.04. The third-order valence-electron chi connectivity index (χ3n) is 2.96. The second-order valence-electron chi connectivity index (χ2n) is 4.39. The molecular weight excluding hydrogens is 256 g/mol. The van der Waals surface area contributed by atoms with Crippen LogP contribution in [0.5, 0.6) is 5.75 Å². The van der Waals surface area contributed by atoms with Crippen molar-refractivity contribution in [1.29, 1.82) is 0 Å². The van der Waals surface area contributed by atoms with Crippen LogP contribution >= 0.6 is 0 Å². The highest BCUT2D eigenvalue weighted by molar-refractivity contribution is 5.86. The van der Waals surface area contributed by atoms with Gasteiger partial charge in [-0.1, -0.05) is 19.1 Å². The van der Waals surface area contributed by atoms with Crippen LogP contribution in [-0.4, -0.2) is 27.2 Å². The first-order valence-electron chi connectivity index (χ1n) is 6.69. The smallest absolute Gasteiger partial charge is 0.354 e. The molecule has 106 valence electrons. The predicted octanol–water partition coefficient (Wildman–Crippen LogP) is 3.06. The molecule has 0 aliphatic heterocycles. The maximum atomic E-state index is 11.1. The monoisotopic (exact) mass is 274 g/mol. The summed E-state index contributed by atoms with van der Waals surface area (Å²) in [5.74, 6) is 0.447. The summed E-state index contributed by atoms with van der Waals surface area (Å²) in [6.07, 6.45) is 2.33. The van der Waals surface area contributed by atoms with Crippen molar-refractivity contribution in [3.63, 3.8) is 0 Å². The number of aromatic carboxylic acids is 1. The van der Waals surface area contributed by atoms with E-state index < -0.39 is 5.97 Å². The van der Waals surface area contributed by atoms with E-state index in [1.165, 1.54) is 6.20 Å². The molecule has 0 bridgehead atoms. The summed E-state index contributed by atoms with van der Waals surface area (Å²) in [4.78, 5) is 15.4. The van der Waals surface area contributed by atoms with Crippen molar-refractivity contribution in [2.75, 3.05) is 6.61 Å². The van der Waals surface area contributed by atoms with Gasteiger partial charge < -0.3 is 14.4 Å². The number of carboxylic acid groups (broad SMARTS) is 1. The van der Waals surface area contributed by atoms with Crippen molar-refractivity contribution in [2.45, 2.75) is 26.8 Å². The lowest BCUT2D eigenvalue weighted by Gasteiger charge is -2.09. The van der Waals surface area contributed by atoms with Gasteiger partial charge in [-0.3, -0.25) is 0 Å². The lowest BCUT2D eigenvalue weighted by Crippen LogP contribution is -2.08. The Balaban J connectivity index is 2.38. The van der Waals surface area contributed by atoms with Gasteiger partial charge in [-0.25, -0.2) is 9.78 Å². The SMILES string of the molecule is CCCOc1cccc(-c2ncc(C(=O)O)n2CC)c1. The summed E-state index contributed by atoms with van der Waals surface area (Å²) < 4.78 is 7.27. The van der Waals surface area contributed by atoms with Crippen LogP contribution < -0.4 is 4.74 Å². The summed E-state index contributed by atoms with van der Waals surface area (Å²) in [5, 5.41) is 9.14. The molecule has 0 amide bonds. The molecule has 0 spiro atoms. The summed E-state index contributed by atoms with van der Waals surface area (Å²) in [5.41, 5.74) is 1.05. The molecule has 1 N–H and O–H groups in total. The first-order chi connectivity index (χ1) is 9.67. The normalized spacial score (nSPS) is 10.5. The number of benzene rings is 1. The molecule has 0 saturated carbocycles. The number of imidazole rings is 1. The molecule has 1 aromatic heterocycles. The van der Waals surface area contributed by atoms with Crippen LogP contribution in [0.3, 0.4) is 0 Å². The maximum Gasteiger partial charge on any atom is 0.354 e. The fraction of sp³-hybridized carbons (Fsp3) is 0.333. The topological polar surface area (TPSA) is 64.3 Å². The number of hydrogen-bond acceptors (Lipinski definition) is 3. The van der Waals surface area contributed by atoms with Crippen LogP contribution in [0.4, 0.5) is 0 Å². The number of hydrogen-bond donors (Lipinski definition) is 1. The highest BCUT2D eigenvalue weighted by Crippen LogP contribution is 2.24. The zero-order chi connectivity index (χ0) is 14.5. The highest BCUT2D eigenvalue weighted by atomic mass is 16.5. The molecule has 0 saturated heterocycles. The number of nitrogens with zero attached hydrogens (tertiary/aromatic N) is 2. The van der Waals surface area contributed by atoms with Crippen LogP contribution in [0, 0.1) is 0 Å². The molecule has 1 heterocycles. The third kappa shape index (κ3) is 2.82. The molecule has 20 heavy (non-hydrogen) atoms. The molecular formula is C15H18N2O3. The molecule has 2 rings (SSSR count). The molecule has 5 heteroatoms. The third-order valence-corrected chi connectivity index (χ3v) is 2.96. The standard InChI is InChI=1S/C15H18N2O3/c1-3-8-20-12-7-5-6-11(9-12)14-16-10-13(15(18)19)17(14)4-2/h5-7,9-10H,3-4,8H2,1-2H3,(H,18,19). The number of aromatic nitrogens is 2. The van der Waals surface area contributed by atoms with Crippen molar-refractivity contribution < 1.29 is 14.6 Å². The molecule has 0 fully saturated rings. The van der Waals surface area contributed by atoms with E-state index in [1.807, 2.05) is 38.1 Å². The van der Waals surface area contributed by atoms with Gasteiger partial charge in [-0.2, -0.15) is 0 Å². The Labute approximate surface area is 117 Å². The minimum Gasteiger partial charge on any atom is -0.494 e. The first-order valence-corrected chi connectivity index (χ1v) is 6.69. The predicted molar refractivity (Wildman–Crippen MR) is 76.1 cm³/mol. The number of carboxylic acids is 1. The lowest BCUT2D eigenvalue weighted by atomic mass is 10.2. The van der Waals surface area contributed by atoms with Gasteiger partial charge in [0.1, 0.15) is 17.3 Å². The maximum absolute atomic E-state index is 11.1. The Morgan fingerprint density at radius 3 is 2.85 bits per heavy atom. The Kier molecular flexibility index (Phi) is 4.40. The van der Waals surface area contributed by atoms with Gasteiger partial charge in [0.05, 0.1) is 12.8 Å². The van der Waals surface area contributed by atoms with Crippen molar-refractivity contribution >= 4 is 5.97 Å². The highest BCUT2D eigenvalue weighted by Gasteiger charge is 2.15. The molecule has 0 atom stereocenters. The molecule has 0 aliphatic rings. The van der Waals surface area contributed by atoms with E-state index >= 15 is 0 Å². The zero-order valence-corrected chi connectivity index (χ0v) is 11.7.